The Kier molecular flexibility index (Phi) is 9.44. The van der Waals surface area contributed by atoms with Gasteiger partial charge in [0.2, 0.25) is 5.43 Å². The number of benzene rings is 2. The maximum atomic E-state index is 13.1. The first kappa shape index (κ1) is 31.1. The van der Waals surface area contributed by atoms with Crippen molar-refractivity contribution in [2.24, 2.45) is 5.92 Å². The van der Waals surface area contributed by atoms with Crippen molar-refractivity contribution in [2.75, 3.05) is 21.0 Å². The van der Waals surface area contributed by atoms with Crippen molar-refractivity contribution in [1.82, 2.24) is 4.57 Å². The Morgan fingerprint density at radius 3 is 2.26 bits per heavy atom. The van der Waals surface area contributed by atoms with Gasteiger partial charge in [0.1, 0.15) is 12.9 Å². The molecule has 0 saturated carbocycles. The second-order valence-electron chi connectivity index (χ2n) is 11.9. The van der Waals surface area contributed by atoms with E-state index in [-0.39, 0.29) is 36.0 Å². The summed E-state index contributed by atoms with van der Waals surface area (Å²) in [6, 6.07) is 19.8. The predicted molar refractivity (Wildman–Crippen MR) is 167 cm³/mol. The van der Waals surface area contributed by atoms with Crippen LogP contribution in [0.4, 0.5) is 0 Å². The first-order valence-corrected chi connectivity index (χ1v) is 17.1. The summed E-state index contributed by atoms with van der Waals surface area (Å²) in [5.41, 5.74) is 0.375. The highest BCUT2D eigenvalue weighted by molar-refractivity contribution is 9.10. The van der Waals surface area contributed by atoms with Gasteiger partial charge in [-0.3, -0.25) is 4.79 Å². The highest BCUT2D eigenvalue weighted by Crippen LogP contribution is 2.51. The Bertz CT molecular complexity index is 1380. The number of aliphatic hydroxyl groups excluding tert-OH is 1. The van der Waals surface area contributed by atoms with Crippen molar-refractivity contribution in [3.8, 4) is 5.75 Å². The van der Waals surface area contributed by atoms with Crippen molar-refractivity contribution >= 4 is 34.6 Å². The number of halogens is 1. The Morgan fingerprint density at radius 2 is 1.69 bits per heavy atom. The normalized spacial score (nSPS) is 23.8. The Balaban J connectivity index is 1.48. The molecule has 3 heterocycles. The van der Waals surface area contributed by atoms with Crippen LogP contribution in [0.25, 0.3) is 0 Å². The summed E-state index contributed by atoms with van der Waals surface area (Å²) in [6.07, 6.45) is 2.52. The fourth-order valence-corrected chi connectivity index (χ4v) is 11.2. The number of hydrogen-bond donors (Lipinski definition) is 2. The van der Waals surface area contributed by atoms with Crippen LogP contribution in [0, 0.1) is 5.92 Å². The second-order valence-corrected chi connectivity index (χ2v) is 16.6. The molecule has 0 spiro atoms. The van der Waals surface area contributed by atoms with Crippen molar-refractivity contribution < 1.29 is 28.8 Å². The maximum absolute atomic E-state index is 13.1. The van der Waals surface area contributed by atoms with E-state index in [1.165, 1.54) is 7.11 Å². The van der Waals surface area contributed by atoms with E-state index in [2.05, 4.69) is 29.8 Å². The Hall–Kier alpha value is -2.31. The molecule has 0 bridgehead atoms. The van der Waals surface area contributed by atoms with Gasteiger partial charge in [-0.2, -0.15) is 0 Å². The van der Waals surface area contributed by atoms with Gasteiger partial charge in [0.25, 0.3) is 8.32 Å². The number of rotatable bonds is 11. The van der Waals surface area contributed by atoms with Crippen LogP contribution < -0.4 is 20.5 Å². The van der Waals surface area contributed by atoms with Crippen LogP contribution in [0.1, 0.15) is 57.4 Å². The van der Waals surface area contributed by atoms with E-state index in [1.54, 1.807) is 13.3 Å². The van der Waals surface area contributed by atoms with Gasteiger partial charge in [-0.15, -0.1) is 0 Å². The highest BCUT2D eigenvalue weighted by atomic mass is 79.9. The third-order valence-electron chi connectivity index (χ3n) is 9.03. The summed E-state index contributed by atoms with van der Waals surface area (Å²) in [5, 5.41) is 12.1. The molecule has 42 heavy (non-hydrogen) atoms. The van der Waals surface area contributed by atoms with E-state index in [4.69, 9.17) is 18.9 Å². The lowest BCUT2D eigenvalue weighted by Crippen LogP contribution is -2.65. The van der Waals surface area contributed by atoms with E-state index in [0.717, 1.165) is 23.2 Å². The van der Waals surface area contributed by atoms with E-state index < -0.39 is 25.7 Å². The molecule has 0 amide bonds. The van der Waals surface area contributed by atoms with Crippen LogP contribution in [-0.2, 0) is 14.2 Å². The van der Waals surface area contributed by atoms with E-state index in [0.29, 0.717) is 23.0 Å². The smallest absolute Gasteiger partial charge is 0.258 e. The topological polar surface area (TPSA) is 99.4 Å². The zero-order valence-electron chi connectivity index (χ0n) is 24.5. The number of ether oxygens (including phenoxy) is 4. The molecule has 226 valence electrons. The van der Waals surface area contributed by atoms with E-state index >= 15 is 0 Å². The minimum absolute atomic E-state index is 0.0225. The zero-order valence-corrected chi connectivity index (χ0v) is 27.1. The molecule has 1 aromatic heterocycles. The number of methoxy groups -OCH3 is 2. The summed E-state index contributed by atoms with van der Waals surface area (Å²) in [4.78, 5) is 25.7. The third-order valence-corrected chi connectivity index (χ3v) is 14.1. The molecule has 5 unspecified atom stereocenters. The Morgan fingerprint density at radius 1 is 1.07 bits per heavy atom. The lowest BCUT2D eigenvalue weighted by Gasteiger charge is -2.44. The first-order valence-electron chi connectivity index (χ1n) is 14.4. The number of fused-ring (bicyclic) bond motifs is 3. The number of hydrogen-bond acceptors (Lipinski definition) is 7. The van der Waals surface area contributed by atoms with Crippen LogP contribution in [0.2, 0.25) is 5.04 Å². The average molecular weight is 659 g/mol. The Labute approximate surface area is 256 Å². The van der Waals surface area contributed by atoms with Gasteiger partial charge >= 0.3 is 0 Å². The highest BCUT2D eigenvalue weighted by Gasteiger charge is 2.52. The number of aromatic nitrogens is 1. The maximum Gasteiger partial charge on any atom is 0.258 e. The van der Waals surface area contributed by atoms with Crippen LogP contribution in [0.3, 0.4) is 0 Å². The van der Waals surface area contributed by atoms with Gasteiger partial charge in [-0.1, -0.05) is 80.9 Å². The molecule has 0 aliphatic carbocycles. The van der Waals surface area contributed by atoms with Gasteiger partial charge in [-0.05, 0) is 44.2 Å². The molecule has 2 aliphatic rings. The van der Waals surface area contributed by atoms with Crippen molar-refractivity contribution in [2.45, 2.75) is 69.1 Å². The molecule has 2 aliphatic heterocycles. The van der Waals surface area contributed by atoms with Crippen LogP contribution >= 0.6 is 15.9 Å². The molecule has 2 N–H and O–H groups in total. The van der Waals surface area contributed by atoms with Crippen LogP contribution in [0.15, 0.2) is 76.1 Å². The van der Waals surface area contributed by atoms with Crippen LogP contribution in [0.5, 0.6) is 5.75 Å². The molecule has 2 aromatic carbocycles. The number of pyridine rings is 1. The summed E-state index contributed by atoms with van der Waals surface area (Å²) < 4.78 is 25.6. The molecule has 1 saturated heterocycles. The molecule has 5 atom stereocenters. The van der Waals surface area contributed by atoms with Gasteiger partial charge < -0.3 is 33.4 Å². The SMILES string of the molecule is COCOC1c2c(OC)c(=O)c(Br)cn2C2CC(O)OC2C1CCCC(C)(C)[Si](O)(c1ccccc1)c1ccccc1. The molecular formula is C32H40BrNO7Si. The molecule has 3 aromatic rings. The fourth-order valence-electron chi connectivity index (χ4n) is 6.97. The van der Waals surface area contributed by atoms with E-state index in [9.17, 15) is 14.7 Å². The van der Waals surface area contributed by atoms with Crippen molar-refractivity contribution in [3.63, 3.8) is 0 Å². The van der Waals surface area contributed by atoms with Crippen molar-refractivity contribution in [3.05, 3.63) is 87.3 Å². The lowest BCUT2D eigenvalue weighted by molar-refractivity contribution is -0.161. The second kappa shape index (κ2) is 12.7. The summed E-state index contributed by atoms with van der Waals surface area (Å²) in [5.74, 6) is 0.0290. The van der Waals surface area contributed by atoms with Gasteiger partial charge in [-0.25, -0.2) is 0 Å². The molecule has 5 rings (SSSR count). The van der Waals surface area contributed by atoms with E-state index in [1.807, 2.05) is 65.2 Å². The van der Waals surface area contributed by atoms with Crippen molar-refractivity contribution in [1.29, 1.82) is 0 Å². The largest absolute Gasteiger partial charge is 0.491 e. The predicted octanol–water partition coefficient (Wildman–Crippen LogP) is 4.26. The van der Waals surface area contributed by atoms with Gasteiger partial charge in [0, 0.05) is 25.6 Å². The van der Waals surface area contributed by atoms with Gasteiger partial charge in [0.15, 0.2) is 12.0 Å². The zero-order chi connectivity index (χ0) is 30.1. The molecule has 0 radical (unpaired) electrons. The number of nitrogens with zero attached hydrogens (tertiary/aromatic N) is 1. The minimum atomic E-state index is -3.17. The summed E-state index contributed by atoms with van der Waals surface area (Å²) >= 11 is 3.38. The lowest BCUT2D eigenvalue weighted by atomic mass is 9.80. The molecule has 8 nitrogen and oxygen atoms in total. The standard InChI is InChI=1S/C32H40BrNO7Si/c1-32(2,42(37,21-12-7-5-8-13-21)22-14-9-6-10-15-22)17-11-16-23-29-25(18-26(35)41-29)34-19-24(33)28(36)31(39-4)27(34)30(23)40-20-38-3/h5-10,12-15,19,23,25-26,29-30,35,37H,11,16-18,20H2,1-4H3. The monoisotopic (exact) mass is 657 g/mol. The first-order chi connectivity index (χ1) is 20.1. The average Bonchev–Trinajstić information content (AvgIpc) is 3.39. The van der Waals surface area contributed by atoms with Gasteiger partial charge in [0.05, 0.1) is 29.4 Å². The summed E-state index contributed by atoms with van der Waals surface area (Å²) in [6.45, 7) is 4.34. The van der Waals surface area contributed by atoms with Crippen LogP contribution in [-0.4, -0.2) is 56.2 Å². The summed E-state index contributed by atoms with van der Waals surface area (Å²) in [7, 11) is -0.126. The third kappa shape index (κ3) is 5.54. The number of aliphatic hydroxyl groups is 1. The molecule has 10 heteroatoms. The minimum Gasteiger partial charge on any atom is -0.491 e. The molecular weight excluding hydrogens is 618 g/mol. The quantitative estimate of drug-likeness (QED) is 0.235. The fraction of sp³-hybridized carbons (Fsp3) is 0.469. The molecule has 1 fully saturated rings.